The van der Waals surface area contributed by atoms with Crippen LogP contribution in [0, 0.1) is 28.6 Å². The Bertz CT molecular complexity index is 635. The number of ketones is 2. The number of hydrogen-bond donors (Lipinski definition) is 1. The van der Waals surface area contributed by atoms with Crippen LogP contribution < -0.4 is 0 Å². The smallest absolute Gasteiger partial charge is 0.161 e. The Morgan fingerprint density at radius 1 is 1.17 bits per heavy atom. The first-order chi connectivity index (χ1) is 11.2. The molecule has 0 saturated heterocycles. The van der Waals surface area contributed by atoms with E-state index in [9.17, 15) is 14.7 Å². The average Bonchev–Trinajstić information content (AvgIpc) is 2.81. The lowest BCUT2D eigenvalue weighted by atomic mass is 9.47. The molecule has 24 heavy (non-hydrogen) atoms. The predicted molar refractivity (Wildman–Crippen MR) is 92.3 cm³/mol. The standard InChI is InChI=1S/C21H30O3/c1-13(22)21(24)11-8-18-16-5-4-14-12-15(23)6-9-19(14,2)17(16)7-10-20(18,21)3/h5,14,17-18,24H,4,6-12H2,1-3H3/t14-,17?,18?,19+,20+,21+/m1/s1. The maximum absolute atomic E-state index is 12.2. The third-order valence-electron chi connectivity index (χ3n) is 8.63. The first-order valence-electron chi connectivity index (χ1n) is 9.67. The monoisotopic (exact) mass is 330 g/mol. The first-order valence-corrected chi connectivity index (χ1v) is 9.67. The summed E-state index contributed by atoms with van der Waals surface area (Å²) in [5.41, 5.74) is 0.281. The van der Waals surface area contributed by atoms with Crippen molar-refractivity contribution in [3.63, 3.8) is 0 Å². The van der Waals surface area contributed by atoms with E-state index in [1.54, 1.807) is 6.92 Å². The highest BCUT2D eigenvalue weighted by molar-refractivity contribution is 5.86. The van der Waals surface area contributed by atoms with Gasteiger partial charge in [0.15, 0.2) is 5.78 Å². The van der Waals surface area contributed by atoms with Gasteiger partial charge in [-0.2, -0.15) is 0 Å². The zero-order chi connectivity index (χ0) is 17.3. The van der Waals surface area contributed by atoms with Crippen LogP contribution in [0.25, 0.3) is 0 Å². The number of Topliss-reactive ketones (excluding diaryl/α,β-unsaturated/α-hetero) is 2. The zero-order valence-electron chi connectivity index (χ0n) is 15.2. The van der Waals surface area contributed by atoms with Crippen LogP contribution in [0.2, 0.25) is 0 Å². The average molecular weight is 330 g/mol. The molecular weight excluding hydrogens is 300 g/mol. The molecule has 1 N–H and O–H groups in total. The number of hydrogen-bond acceptors (Lipinski definition) is 3. The molecule has 0 aromatic rings. The number of allylic oxidation sites excluding steroid dienone is 2. The van der Waals surface area contributed by atoms with Crippen molar-refractivity contribution in [2.75, 3.05) is 0 Å². The molecule has 0 aliphatic heterocycles. The fraction of sp³-hybridized carbons (Fsp3) is 0.810. The van der Waals surface area contributed by atoms with Gasteiger partial charge >= 0.3 is 0 Å². The highest BCUT2D eigenvalue weighted by Gasteiger charge is 2.64. The van der Waals surface area contributed by atoms with Crippen LogP contribution in [0.5, 0.6) is 0 Å². The number of aliphatic hydroxyl groups is 1. The maximum Gasteiger partial charge on any atom is 0.161 e. The molecule has 6 atom stereocenters. The van der Waals surface area contributed by atoms with Gasteiger partial charge in [0.2, 0.25) is 0 Å². The van der Waals surface area contributed by atoms with Gasteiger partial charge in [-0.05, 0) is 68.6 Å². The van der Waals surface area contributed by atoms with Crippen LogP contribution in [0.3, 0.4) is 0 Å². The van der Waals surface area contributed by atoms with Crippen LogP contribution in [0.4, 0.5) is 0 Å². The van der Waals surface area contributed by atoms with E-state index in [0.29, 0.717) is 30.0 Å². The van der Waals surface area contributed by atoms with Crippen molar-refractivity contribution in [1.29, 1.82) is 0 Å². The van der Waals surface area contributed by atoms with Crippen molar-refractivity contribution >= 4 is 11.6 Å². The zero-order valence-corrected chi connectivity index (χ0v) is 15.2. The Balaban J connectivity index is 1.72. The fourth-order valence-electron chi connectivity index (χ4n) is 6.90. The van der Waals surface area contributed by atoms with Gasteiger partial charge in [-0.1, -0.05) is 25.5 Å². The summed E-state index contributed by atoms with van der Waals surface area (Å²) in [6.07, 6.45) is 9.39. The number of carbonyl (C=O) groups is 2. The van der Waals surface area contributed by atoms with Crippen LogP contribution >= 0.6 is 0 Å². The van der Waals surface area contributed by atoms with Crippen LogP contribution in [0.1, 0.15) is 72.1 Å². The Morgan fingerprint density at radius 3 is 2.58 bits per heavy atom. The molecule has 0 aromatic heterocycles. The van der Waals surface area contributed by atoms with E-state index in [1.807, 2.05) is 0 Å². The molecule has 0 bridgehead atoms. The number of carbonyl (C=O) groups excluding carboxylic acids is 2. The summed E-state index contributed by atoms with van der Waals surface area (Å²) in [6, 6.07) is 0. The molecular formula is C21H30O3. The summed E-state index contributed by atoms with van der Waals surface area (Å²) in [5, 5.41) is 11.1. The van der Waals surface area contributed by atoms with E-state index in [-0.39, 0.29) is 16.6 Å². The van der Waals surface area contributed by atoms with Gasteiger partial charge in [-0.15, -0.1) is 0 Å². The topological polar surface area (TPSA) is 54.4 Å². The minimum absolute atomic E-state index is 0.0605. The van der Waals surface area contributed by atoms with Crippen molar-refractivity contribution < 1.29 is 14.7 Å². The highest BCUT2D eigenvalue weighted by atomic mass is 16.3. The molecule has 3 nitrogen and oxygen atoms in total. The van der Waals surface area contributed by atoms with Gasteiger partial charge in [0.25, 0.3) is 0 Å². The second kappa shape index (κ2) is 5.03. The van der Waals surface area contributed by atoms with E-state index in [0.717, 1.165) is 44.9 Å². The largest absolute Gasteiger partial charge is 0.381 e. The van der Waals surface area contributed by atoms with Gasteiger partial charge in [0.05, 0.1) is 0 Å². The molecule has 4 aliphatic carbocycles. The van der Waals surface area contributed by atoms with Gasteiger partial charge < -0.3 is 5.11 Å². The Morgan fingerprint density at radius 2 is 1.88 bits per heavy atom. The van der Waals surface area contributed by atoms with Gasteiger partial charge in [0, 0.05) is 18.3 Å². The van der Waals surface area contributed by atoms with E-state index < -0.39 is 5.60 Å². The van der Waals surface area contributed by atoms with Crippen molar-refractivity contribution in [1.82, 2.24) is 0 Å². The summed E-state index contributed by atoms with van der Waals surface area (Å²) in [4.78, 5) is 24.1. The number of fused-ring (bicyclic) bond motifs is 5. The SMILES string of the molecule is CC(=O)[C@@]1(O)CCC2C3=CC[C@@H]4CC(=O)CC[C@]4(C)C3CC[C@@]21C. The van der Waals surface area contributed by atoms with E-state index in [2.05, 4.69) is 19.9 Å². The minimum atomic E-state index is -1.15. The van der Waals surface area contributed by atoms with Crippen molar-refractivity contribution in [3.05, 3.63) is 11.6 Å². The highest BCUT2D eigenvalue weighted by Crippen LogP contribution is 2.66. The van der Waals surface area contributed by atoms with E-state index in [1.165, 1.54) is 5.57 Å². The minimum Gasteiger partial charge on any atom is -0.381 e. The summed E-state index contributed by atoms with van der Waals surface area (Å²) in [5.74, 6) is 1.73. The summed E-state index contributed by atoms with van der Waals surface area (Å²) < 4.78 is 0. The van der Waals surface area contributed by atoms with E-state index >= 15 is 0 Å². The normalized spacial score (nSPS) is 50.6. The molecule has 0 heterocycles. The molecule has 4 aliphatic rings. The van der Waals surface area contributed by atoms with Crippen LogP contribution in [0.15, 0.2) is 11.6 Å². The van der Waals surface area contributed by atoms with Crippen LogP contribution in [-0.4, -0.2) is 22.3 Å². The third-order valence-corrected chi connectivity index (χ3v) is 8.63. The summed E-state index contributed by atoms with van der Waals surface area (Å²) in [6.45, 7) is 6.09. The second-order valence-electron chi connectivity index (χ2n) is 9.40. The molecule has 0 amide bonds. The molecule has 132 valence electrons. The second-order valence-corrected chi connectivity index (χ2v) is 9.40. The molecule has 3 fully saturated rings. The molecule has 0 spiro atoms. The quantitative estimate of drug-likeness (QED) is 0.743. The van der Waals surface area contributed by atoms with Crippen LogP contribution in [-0.2, 0) is 9.59 Å². The van der Waals surface area contributed by atoms with Crippen molar-refractivity contribution in [2.45, 2.75) is 77.7 Å². The van der Waals surface area contributed by atoms with Gasteiger partial charge in [-0.3, -0.25) is 9.59 Å². The van der Waals surface area contributed by atoms with Crippen molar-refractivity contribution in [3.8, 4) is 0 Å². The maximum atomic E-state index is 12.2. The molecule has 2 unspecified atom stereocenters. The lowest BCUT2D eigenvalue weighted by molar-refractivity contribution is -0.152. The lowest BCUT2D eigenvalue weighted by Gasteiger charge is -2.57. The van der Waals surface area contributed by atoms with Crippen molar-refractivity contribution in [2.24, 2.45) is 28.6 Å². The Hall–Kier alpha value is -0.960. The molecule has 4 rings (SSSR count). The fourth-order valence-corrected chi connectivity index (χ4v) is 6.90. The lowest BCUT2D eigenvalue weighted by Crippen LogP contribution is -2.55. The first kappa shape index (κ1) is 16.5. The molecule has 0 aromatic carbocycles. The Labute approximate surface area is 144 Å². The predicted octanol–water partition coefficient (Wildman–Crippen LogP) is 3.84. The van der Waals surface area contributed by atoms with E-state index in [4.69, 9.17) is 0 Å². The van der Waals surface area contributed by atoms with Gasteiger partial charge in [-0.25, -0.2) is 0 Å². The van der Waals surface area contributed by atoms with Gasteiger partial charge in [0.1, 0.15) is 11.4 Å². The Kier molecular flexibility index (Phi) is 3.46. The third kappa shape index (κ3) is 1.88. The molecule has 0 radical (unpaired) electrons. The summed E-state index contributed by atoms with van der Waals surface area (Å²) in [7, 11) is 0. The molecule has 3 heteroatoms. The molecule has 3 saturated carbocycles. The summed E-state index contributed by atoms with van der Waals surface area (Å²) >= 11 is 0. The number of rotatable bonds is 1.